The van der Waals surface area contributed by atoms with Crippen molar-refractivity contribution >= 4 is 17.8 Å². The van der Waals surface area contributed by atoms with Gasteiger partial charge in [-0.15, -0.1) is 0 Å². The van der Waals surface area contributed by atoms with Crippen LogP contribution in [0, 0.1) is 5.92 Å². The Labute approximate surface area is 118 Å². The van der Waals surface area contributed by atoms with Gasteiger partial charge in [0, 0.05) is 6.54 Å². The number of carboxylic acids is 1. The lowest BCUT2D eigenvalue weighted by Gasteiger charge is -2.19. The second kappa shape index (κ2) is 9.13. The molecule has 0 aromatic carbocycles. The van der Waals surface area contributed by atoms with Gasteiger partial charge in [0.2, 0.25) is 5.91 Å². The smallest absolute Gasteiger partial charge is 0.326 e. The SMILES string of the molecule is CC(C)C[C@H](NC(=O)C(N)CCCN=C(N)N)C(=O)O. The highest BCUT2D eigenvalue weighted by molar-refractivity contribution is 5.86. The summed E-state index contributed by atoms with van der Waals surface area (Å²) in [5.74, 6) is -1.37. The summed E-state index contributed by atoms with van der Waals surface area (Å²) in [4.78, 5) is 26.6. The lowest BCUT2D eigenvalue weighted by Crippen LogP contribution is -2.48. The van der Waals surface area contributed by atoms with Gasteiger partial charge in [-0.3, -0.25) is 9.79 Å². The maximum absolute atomic E-state index is 11.8. The van der Waals surface area contributed by atoms with Gasteiger partial charge in [0.05, 0.1) is 6.04 Å². The summed E-state index contributed by atoms with van der Waals surface area (Å²) in [5.41, 5.74) is 16.0. The van der Waals surface area contributed by atoms with Crippen LogP contribution < -0.4 is 22.5 Å². The van der Waals surface area contributed by atoms with E-state index in [1.165, 1.54) is 0 Å². The molecule has 8 N–H and O–H groups in total. The zero-order valence-electron chi connectivity index (χ0n) is 12.0. The number of carbonyl (C=O) groups is 2. The van der Waals surface area contributed by atoms with Gasteiger partial charge in [0.1, 0.15) is 6.04 Å². The number of nitrogens with two attached hydrogens (primary N) is 3. The minimum absolute atomic E-state index is 0.00843. The summed E-state index contributed by atoms with van der Waals surface area (Å²) in [6, 6.07) is -1.68. The molecule has 0 radical (unpaired) electrons. The summed E-state index contributed by atoms with van der Waals surface area (Å²) in [5, 5.41) is 11.5. The van der Waals surface area contributed by atoms with E-state index in [0.717, 1.165) is 0 Å². The second-order valence-electron chi connectivity index (χ2n) is 5.08. The Morgan fingerprint density at radius 1 is 1.30 bits per heavy atom. The van der Waals surface area contributed by atoms with Crippen molar-refractivity contribution in [1.29, 1.82) is 0 Å². The fourth-order valence-corrected chi connectivity index (χ4v) is 1.62. The first-order valence-corrected chi connectivity index (χ1v) is 6.58. The molecule has 20 heavy (non-hydrogen) atoms. The molecular weight excluding hydrogens is 262 g/mol. The molecule has 0 bridgehead atoms. The summed E-state index contributed by atoms with van der Waals surface area (Å²) in [6.07, 6.45) is 1.30. The number of amides is 1. The summed E-state index contributed by atoms with van der Waals surface area (Å²) >= 11 is 0. The lowest BCUT2D eigenvalue weighted by molar-refractivity contribution is -0.142. The maximum atomic E-state index is 11.8. The second-order valence-corrected chi connectivity index (χ2v) is 5.08. The minimum Gasteiger partial charge on any atom is -0.480 e. The predicted octanol–water partition coefficient (Wildman–Crippen LogP) is -1.02. The summed E-state index contributed by atoms with van der Waals surface area (Å²) in [7, 11) is 0. The highest BCUT2D eigenvalue weighted by Gasteiger charge is 2.23. The van der Waals surface area contributed by atoms with Crippen LogP contribution in [0.2, 0.25) is 0 Å². The molecule has 1 amide bonds. The molecule has 0 rings (SSSR count). The zero-order chi connectivity index (χ0) is 15.7. The Morgan fingerprint density at radius 2 is 1.90 bits per heavy atom. The van der Waals surface area contributed by atoms with Crippen molar-refractivity contribution in [3.63, 3.8) is 0 Å². The molecule has 0 saturated carbocycles. The minimum atomic E-state index is -1.06. The number of carbonyl (C=O) groups excluding carboxylic acids is 1. The van der Waals surface area contributed by atoms with Crippen molar-refractivity contribution in [3.05, 3.63) is 0 Å². The number of guanidine groups is 1. The van der Waals surface area contributed by atoms with Gasteiger partial charge in [-0.25, -0.2) is 4.79 Å². The van der Waals surface area contributed by atoms with Crippen LogP contribution in [0.15, 0.2) is 4.99 Å². The molecule has 0 saturated heterocycles. The molecule has 116 valence electrons. The van der Waals surface area contributed by atoms with Crippen LogP contribution in [0.4, 0.5) is 0 Å². The van der Waals surface area contributed by atoms with Crippen LogP contribution in [0.5, 0.6) is 0 Å². The first-order valence-electron chi connectivity index (χ1n) is 6.58. The monoisotopic (exact) mass is 287 g/mol. The van der Waals surface area contributed by atoms with Crippen molar-refractivity contribution in [1.82, 2.24) is 5.32 Å². The molecule has 0 fully saturated rings. The van der Waals surface area contributed by atoms with Gasteiger partial charge in [-0.05, 0) is 25.2 Å². The van der Waals surface area contributed by atoms with E-state index in [2.05, 4.69) is 10.3 Å². The van der Waals surface area contributed by atoms with Crippen LogP contribution in [0.25, 0.3) is 0 Å². The topological polar surface area (TPSA) is 157 Å². The Bertz CT molecular complexity index is 353. The highest BCUT2D eigenvalue weighted by Crippen LogP contribution is 2.06. The standard InChI is InChI=1S/C12H25N5O3/c1-7(2)6-9(11(19)20)17-10(18)8(13)4-3-5-16-12(14)15/h7-9H,3-6,13H2,1-2H3,(H,17,18)(H,19,20)(H4,14,15,16)/t8?,9-/m0/s1. The third-order valence-electron chi connectivity index (χ3n) is 2.63. The van der Waals surface area contributed by atoms with E-state index in [4.69, 9.17) is 22.3 Å². The lowest BCUT2D eigenvalue weighted by atomic mass is 10.0. The fraction of sp³-hybridized carbons (Fsp3) is 0.750. The number of hydrogen-bond donors (Lipinski definition) is 5. The Morgan fingerprint density at radius 3 is 2.35 bits per heavy atom. The largest absolute Gasteiger partial charge is 0.480 e. The first kappa shape index (κ1) is 18.2. The average Bonchev–Trinajstić information content (AvgIpc) is 2.32. The number of hydrogen-bond acceptors (Lipinski definition) is 4. The van der Waals surface area contributed by atoms with Crippen LogP contribution in [0.3, 0.4) is 0 Å². The van der Waals surface area contributed by atoms with E-state index in [1.807, 2.05) is 13.8 Å². The zero-order valence-corrected chi connectivity index (χ0v) is 12.0. The number of carboxylic acid groups (broad SMARTS) is 1. The molecule has 0 aliphatic heterocycles. The van der Waals surface area contributed by atoms with E-state index < -0.39 is 24.0 Å². The van der Waals surface area contributed by atoms with Crippen LogP contribution in [-0.2, 0) is 9.59 Å². The summed E-state index contributed by atoms with van der Waals surface area (Å²) in [6.45, 7) is 4.16. The molecule has 0 aliphatic rings. The van der Waals surface area contributed by atoms with Gasteiger partial charge < -0.3 is 27.6 Å². The van der Waals surface area contributed by atoms with Crippen LogP contribution in [-0.4, -0.2) is 41.6 Å². The van der Waals surface area contributed by atoms with Crippen LogP contribution >= 0.6 is 0 Å². The molecular formula is C12H25N5O3. The van der Waals surface area contributed by atoms with Crippen molar-refractivity contribution in [2.75, 3.05) is 6.54 Å². The van der Waals surface area contributed by atoms with Crippen molar-refractivity contribution in [2.45, 2.75) is 45.2 Å². The number of rotatable bonds is 9. The number of aliphatic imine (C=N–C) groups is 1. The van der Waals surface area contributed by atoms with Gasteiger partial charge in [0.15, 0.2) is 5.96 Å². The van der Waals surface area contributed by atoms with Crippen LogP contribution in [0.1, 0.15) is 33.1 Å². The molecule has 0 aliphatic carbocycles. The average molecular weight is 287 g/mol. The first-order chi connectivity index (χ1) is 9.23. The Hall–Kier alpha value is -1.83. The molecule has 8 heteroatoms. The Balaban J connectivity index is 4.21. The van der Waals surface area contributed by atoms with Gasteiger partial charge in [-0.1, -0.05) is 13.8 Å². The normalized spacial score (nSPS) is 13.6. The van der Waals surface area contributed by atoms with E-state index in [0.29, 0.717) is 25.8 Å². The fourth-order valence-electron chi connectivity index (χ4n) is 1.62. The van der Waals surface area contributed by atoms with E-state index in [-0.39, 0.29) is 11.9 Å². The Kier molecular flexibility index (Phi) is 8.30. The molecule has 0 aromatic rings. The predicted molar refractivity (Wildman–Crippen MR) is 76.9 cm³/mol. The van der Waals surface area contributed by atoms with Gasteiger partial charge in [-0.2, -0.15) is 0 Å². The van der Waals surface area contributed by atoms with Gasteiger partial charge in [0.25, 0.3) is 0 Å². The molecule has 0 aromatic heterocycles. The number of aliphatic carboxylic acids is 1. The van der Waals surface area contributed by atoms with Crippen molar-refractivity contribution in [3.8, 4) is 0 Å². The molecule has 0 spiro atoms. The van der Waals surface area contributed by atoms with Crippen molar-refractivity contribution in [2.24, 2.45) is 28.1 Å². The molecule has 0 heterocycles. The van der Waals surface area contributed by atoms with Crippen molar-refractivity contribution < 1.29 is 14.7 Å². The van der Waals surface area contributed by atoms with E-state index in [9.17, 15) is 9.59 Å². The van der Waals surface area contributed by atoms with E-state index >= 15 is 0 Å². The third-order valence-corrected chi connectivity index (χ3v) is 2.63. The molecule has 1 unspecified atom stereocenters. The molecule has 2 atom stereocenters. The van der Waals surface area contributed by atoms with E-state index in [1.54, 1.807) is 0 Å². The number of nitrogens with zero attached hydrogens (tertiary/aromatic N) is 1. The number of nitrogens with one attached hydrogen (secondary N) is 1. The van der Waals surface area contributed by atoms with Gasteiger partial charge >= 0.3 is 5.97 Å². The quantitative estimate of drug-likeness (QED) is 0.207. The highest BCUT2D eigenvalue weighted by atomic mass is 16.4. The maximum Gasteiger partial charge on any atom is 0.326 e. The summed E-state index contributed by atoms with van der Waals surface area (Å²) < 4.78 is 0. The molecule has 8 nitrogen and oxygen atoms in total. The third kappa shape index (κ3) is 8.30.